The van der Waals surface area contributed by atoms with E-state index in [4.69, 9.17) is 0 Å². The van der Waals surface area contributed by atoms with Crippen LogP contribution in [0.15, 0.2) is 48.7 Å². The summed E-state index contributed by atoms with van der Waals surface area (Å²) in [6.07, 6.45) is 7.92. The van der Waals surface area contributed by atoms with Crippen molar-refractivity contribution in [3.05, 3.63) is 65.5 Å². The average Bonchev–Trinajstić information content (AvgIpc) is 3.61. The van der Waals surface area contributed by atoms with Crippen molar-refractivity contribution >= 4 is 5.91 Å². The van der Waals surface area contributed by atoms with E-state index >= 15 is 0 Å². The van der Waals surface area contributed by atoms with Gasteiger partial charge in [0.05, 0.1) is 6.10 Å². The molecule has 0 bridgehead atoms. The minimum absolute atomic E-state index is 0.0936. The van der Waals surface area contributed by atoms with E-state index in [1.54, 1.807) is 6.92 Å². The molecule has 2 N–H and O–H groups in total. The SMILES string of the molecule is C[C@@H](O)c1ccc(C(=O)N(C2CC2)C2CCC(CCO)(c3ccccn3)CC2)cc1. The molecule has 1 amide bonds. The van der Waals surface area contributed by atoms with Crippen LogP contribution in [-0.4, -0.2) is 44.7 Å². The van der Waals surface area contributed by atoms with Gasteiger partial charge in [0.2, 0.25) is 0 Å². The Bertz CT molecular complexity index is 838. The van der Waals surface area contributed by atoms with Crippen LogP contribution in [0.1, 0.15) is 79.6 Å². The predicted molar refractivity (Wildman–Crippen MR) is 116 cm³/mol. The van der Waals surface area contributed by atoms with Crippen molar-refractivity contribution in [2.75, 3.05) is 6.61 Å². The van der Waals surface area contributed by atoms with Gasteiger partial charge in [0, 0.05) is 41.6 Å². The highest BCUT2D eigenvalue weighted by Gasteiger charge is 2.43. The summed E-state index contributed by atoms with van der Waals surface area (Å²) in [5.74, 6) is 0.104. The molecular weight excluding hydrogens is 376 g/mol. The Labute approximate surface area is 178 Å². The summed E-state index contributed by atoms with van der Waals surface area (Å²) >= 11 is 0. The van der Waals surface area contributed by atoms with E-state index in [2.05, 4.69) is 16.0 Å². The lowest BCUT2D eigenvalue weighted by Crippen LogP contribution is -2.47. The number of carbonyl (C=O) groups is 1. The number of pyridine rings is 1. The van der Waals surface area contributed by atoms with Crippen molar-refractivity contribution in [1.29, 1.82) is 0 Å². The molecule has 0 spiro atoms. The molecule has 2 aliphatic rings. The van der Waals surface area contributed by atoms with Crippen molar-refractivity contribution < 1.29 is 15.0 Å². The van der Waals surface area contributed by atoms with E-state index in [-0.39, 0.29) is 24.0 Å². The van der Waals surface area contributed by atoms with Gasteiger partial charge in [0.25, 0.3) is 5.91 Å². The van der Waals surface area contributed by atoms with Crippen LogP contribution in [0.25, 0.3) is 0 Å². The molecule has 4 rings (SSSR count). The highest BCUT2D eigenvalue weighted by molar-refractivity contribution is 5.95. The lowest BCUT2D eigenvalue weighted by Gasteiger charge is -2.43. The van der Waals surface area contributed by atoms with Crippen LogP contribution in [0, 0.1) is 0 Å². The lowest BCUT2D eigenvalue weighted by molar-refractivity contribution is 0.0548. The first-order valence-electron chi connectivity index (χ1n) is 11.2. The molecule has 0 aliphatic heterocycles. The van der Waals surface area contributed by atoms with Gasteiger partial charge in [-0.3, -0.25) is 9.78 Å². The zero-order chi connectivity index (χ0) is 21.1. The second-order valence-corrected chi connectivity index (χ2v) is 8.94. The summed E-state index contributed by atoms with van der Waals surface area (Å²) in [5.41, 5.74) is 2.49. The molecule has 2 fully saturated rings. The molecule has 2 aromatic rings. The number of hydrogen-bond donors (Lipinski definition) is 2. The molecule has 160 valence electrons. The van der Waals surface area contributed by atoms with Crippen molar-refractivity contribution in [2.24, 2.45) is 0 Å². The zero-order valence-electron chi connectivity index (χ0n) is 17.7. The Morgan fingerprint density at radius 1 is 1.10 bits per heavy atom. The van der Waals surface area contributed by atoms with Gasteiger partial charge < -0.3 is 15.1 Å². The molecule has 1 aromatic carbocycles. The molecule has 0 radical (unpaired) electrons. The number of amides is 1. The number of benzene rings is 1. The first-order valence-corrected chi connectivity index (χ1v) is 11.2. The Balaban J connectivity index is 1.50. The van der Waals surface area contributed by atoms with E-state index < -0.39 is 6.10 Å². The maximum atomic E-state index is 13.4. The summed E-state index contributed by atoms with van der Waals surface area (Å²) < 4.78 is 0. The third-order valence-electron chi connectivity index (χ3n) is 6.92. The predicted octanol–water partition coefficient (Wildman–Crippen LogP) is 4.00. The van der Waals surface area contributed by atoms with Crippen LogP contribution in [0.5, 0.6) is 0 Å². The molecule has 0 saturated heterocycles. The van der Waals surface area contributed by atoms with Crippen molar-refractivity contribution in [3.8, 4) is 0 Å². The fourth-order valence-corrected chi connectivity index (χ4v) is 4.99. The highest BCUT2D eigenvalue weighted by atomic mass is 16.3. The number of rotatable bonds is 7. The Hall–Kier alpha value is -2.24. The smallest absolute Gasteiger partial charge is 0.254 e. The van der Waals surface area contributed by atoms with E-state index in [0.717, 1.165) is 56.2 Å². The van der Waals surface area contributed by atoms with Gasteiger partial charge in [0.1, 0.15) is 0 Å². The third kappa shape index (κ3) is 4.28. The van der Waals surface area contributed by atoms with Gasteiger partial charge in [-0.05, 0) is 81.7 Å². The number of aliphatic hydroxyl groups is 2. The van der Waals surface area contributed by atoms with E-state index in [9.17, 15) is 15.0 Å². The second kappa shape index (κ2) is 8.86. The second-order valence-electron chi connectivity index (χ2n) is 8.94. The fourth-order valence-electron chi connectivity index (χ4n) is 4.99. The number of carbonyl (C=O) groups excluding carboxylic acids is 1. The molecule has 1 heterocycles. The van der Waals surface area contributed by atoms with Crippen molar-refractivity contribution in [3.63, 3.8) is 0 Å². The first-order chi connectivity index (χ1) is 14.5. The van der Waals surface area contributed by atoms with Gasteiger partial charge in [-0.15, -0.1) is 0 Å². The monoisotopic (exact) mass is 408 g/mol. The van der Waals surface area contributed by atoms with E-state index in [1.165, 1.54) is 0 Å². The van der Waals surface area contributed by atoms with Gasteiger partial charge >= 0.3 is 0 Å². The minimum Gasteiger partial charge on any atom is -0.396 e. The molecule has 0 unspecified atom stereocenters. The summed E-state index contributed by atoms with van der Waals surface area (Å²) in [6, 6.07) is 14.0. The quantitative estimate of drug-likeness (QED) is 0.726. The van der Waals surface area contributed by atoms with Crippen LogP contribution in [0.2, 0.25) is 0 Å². The largest absolute Gasteiger partial charge is 0.396 e. The minimum atomic E-state index is -0.529. The summed E-state index contributed by atoms with van der Waals surface area (Å²) in [4.78, 5) is 20.1. The van der Waals surface area contributed by atoms with E-state index in [0.29, 0.717) is 11.6 Å². The third-order valence-corrected chi connectivity index (χ3v) is 6.92. The zero-order valence-corrected chi connectivity index (χ0v) is 17.7. The van der Waals surface area contributed by atoms with Crippen LogP contribution < -0.4 is 0 Å². The number of aromatic nitrogens is 1. The maximum absolute atomic E-state index is 13.4. The standard InChI is InChI=1S/C25H32N2O3/c1-18(29)19-5-7-20(8-6-19)24(30)27(21-9-10-21)22-11-13-25(14-12-22,15-17-28)23-4-2-3-16-26-23/h2-8,16,18,21-22,28-29H,9-15,17H2,1H3/t18-,22?,25?/m1/s1. The maximum Gasteiger partial charge on any atom is 0.254 e. The van der Waals surface area contributed by atoms with Gasteiger partial charge in [-0.1, -0.05) is 18.2 Å². The van der Waals surface area contributed by atoms with Crippen molar-refractivity contribution in [1.82, 2.24) is 9.88 Å². The molecule has 2 saturated carbocycles. The highest BCUT2D eigenvalue weighted by Crippen LogP contribution is 2.44. The molecule has 30 heavy (non-hydrogen) atoms. The number of nitrogens with zero attached hydrogens (tertiary/aromatic N) is 2. The fraction of sp³-hybridized carbons (Fsp3) is 0.520. The first kappa shape index (κ1) is 21.0. The number of hydrogen-bond acceptors (Lipinski definition) is 4. The molecule has 5 heteroatoms. The summed E-state index contributed by atoms with van der Waals surface area (Å²) in [6.45, 7) is 1.89. The van der Waals surface area contributed by atoms with Crippen LogP contribution in [0.3, 0.4) is 0 Å². The molecular formula is C25H32N2O3. The van der Waals surface area contributed by atoms with Crippen LogP contribution >= 0.6 is 0 Å². The van der Waals surface area contributed by atoms with Crippen LogP contribution in [-0.2, 0) is 5.41 Å². The summed E-state index contributed by atoms with van der Waals surface area (Å²) in [7, 11) is 0. The molecule has 1 atom stereocenters. The molecule has 1 aromatic heterocycles. The topological polar surface area (TPSA) is 73.7 Å². The van der Waals surface area contributed by atoms with Gasteiger partial charge in [-0.25, -0.2) is 0 Å². The van der Waals surface area contributed by atoms with Crippen molar-refractivity contribution in [2.45, 2.75) is 75.5 Å². The average molecular weight is 409 g/mol. The van der Waals surface area contributed by atoms with Gasteiger partial charge in [0.15, 0.2) is 0 Å². The van der Waals surface area contributed by atoms with Crippen LogP contribution in [0.4, 0.5) is 0 Å². The Kier molecular flexibility index (Phi) is 6.21. The van der Waals surface area contributed by atoms with Gasteiger partial charge in [-0.2, -0.15) is 0 Å². The number of aliphatic hydroxyl groups excluding tert-OH is 2. The Morgan fingerprint density at radius 3 is 2.30 bits per heavy atom. The Morgan fingerprint density at radius 2 is 1.77 bits per heavy atom. The molecule has 2 aliphatic carbocycles. The molecule has 5 nitrogen and oxygen atoms in total. The lowest BCUT2D eigenvalue weighted by atomic mass is 9.68. The van der Waals surface area contributed by atoms with E-state index in [1.807, 2.05) is 42.6 Å². The summed E-state index contributed by atoms with van der Waals surface area (Å²) in [5, 5.41) is 19.4. The normalized spacial score (nSPS) is 25.0.